The zero-order valence-corrected chi connectivity index (χ0v) is 12.8. The summed E-state index contributed by atoms with van der Waals surface area (Å²) in [5.74, 6) is 0.0497. The minimum absolute atomic E-state index is 0.00331. The minimum Gasteiger partial charge on any atom is -0.439 e. The van der Waals surface area contributed by atoms with Crippen molar-refractivity contribution < 1.29 is 17.9 Å². The van der Waals surface area contributed by atoms with Gasteiger partial charge in [-0.25, -0.2) is 4.98 Å². The average Bonchev–Trinajstić information content (AvgIpc) is 2.61. The molecule has 0 spiro atoms. The SMILES string of the molecule is N#Cc1cc(Oc2cccc(C(F)(F)F)c2)nc(-c2ccccc2)c1. The number of benzene rings is 2. The maximum Gasteiger partial charge on any atom is 0.416 e. The third-order valence-electron chi connectivity index (χ3n) is 3.38. The molecule has 0 fully saturated rings. The Morgan fingerprint density at radius 3 is 2.36 bits per heavy atom. The molecule has 3 nitrogen and oxygen atoms in total. The number of rotatable bonds is 3. The van der Waals surface area contributed by atoms with Gasteiger partial charge in [0.15, 0.2) is 0 Å². The quantitative estimate of drug-likeness (QED) is 0.638. The van der Waals surface area contributed by atoms with Crippen LogP contribution in [0.3, 0.4) is 0 Å². The lowest BCUT2D eigenvalue weighted by Crippen LogP contribution is -2.04. The van der Waals surface area contributed by atoms with Crippen molar-refractivity contribution in [2.45, 2.75) is 6.18 Å². The maximum atomic E-state index is 12.8. The number of aromatic nitrogens is 1. The molecule has 0 saturated heterocycles. The van der Waals surface area contributed by atoms with Crippen molar-refractivity contribution in [1.82, 2.24) is 4.98 Å². The highest BCUT2D eigenvalue weighted by atomic mass is 19.4. The topological polar surface area (TPSA) is 45.9 Å². The number of alkyl halides is 3. The van der Waals surface area contributed by atoms with E-state index in [1.54, 1.807) is 6.07 Å². The van der Waals surface area contributed by atoms with Crippen molar-refractivity contribution in [3.05, 3.63) is 77.9 Å². The van der Waals surface area contributed by atoms with Crippen LogP contribution in [0.1, 0.15) is 11.1 Å². The van der Waals surface area contributed by atoms with Gasteiger partial charge in [0.2, 0.25) is 5.88 Å². The van der Waals surface area contributed by atoms with Crippen molar-refractivity contribution in [3.63, 3.8) is 0 Å². The molecule has 1 aromatic heterocycles. The maximum absolute atomic E-state index is 12.8. The van der Waals surface area contributed by atoms with E-state index in [0.29, 0.717) is 11.3 Å². The molecule has 0 saturated carbocycles. The highest BCUT2D eigenvalue weighted by Gasteiger charge is 2.30. The van der Waals surface area contributed by atoms with Gasteiger partial charge < -0.3 is 4.74 Å². The first-order valence-electron chi connectivity index (χ1n) is 7.28. The molecule has 25 heavy (non-hydrogen) atoms. The lowest BCUT2D eigenvalue weighted by molar-refractivity contribution is -0.137. The van der Waals surface area contributed by atoms with Crippen molar-refractivity contribution >= 4 is 0 Å². The van der Waals surface area contributed by atoms with Crippen molar-refractivity contribution in [1.29, 1.82) is 5.26 Å². The zero-order chi connectivity index (χ0) is 17.9. The number of nitrogens with zero attached hydrogens (tertiary/aromatic N) is 2. The molecular formula is C19H11F3N2O. The van der Waals surface area contributed by atoms with E-state index in [9.17, 15) is 13.2 Å². The van der Waals surface area contributed by atoms with E-state index in [1.165, 1.54) is 18.2 Å². The second-order valence-corrected chi connectivity index (χ2v) is 5.18. The monoisotopic (exact) mass is 340 g/mol. The van der Waals surface area contributed by atoms with E-state index >= 15 is 0 Å². The van der Waals surface area contributed by atoms with Crippen molar-refractivity contribution in [2.75, 3.05) is 0 Å². The van der Waals surface area contributed by atoms with Gasteiger partial charge >= 0.3 is 6.18 Å². The van der Waals surface area contributed by atoms with Gasteiger partial charge in [-0.1, -0.05) is 36.4 Å². The third-order valence-corrected chi connectivity index (χ3v) is 3.38. The Morgan fingerprint density at radius 1 is 0.920 bits per heavy atom. The first-order chi connectivity index (χ1) is 12.0. The molecule has 0 N–H and O–H groups in total. The summed E-state index contributed by atoms with van der Waals surface area (Å²) in [6.07, 6.45) is -4.46. The molecule has 3 aromatic rings. The van der Waals surface area contributed by atoms with Gasteiger partial charge in [0.1, 0.15) is 5.75 Å². The number of pyridine rings is 1. The van der Waals surface area contributed by atoms with Gasteiger partial charge in [-0.3, -0.25) is 0 Å². The smallest absolute Gasteiger partial charge is 0.416 e. The van der Waals surface area contributed by atoms with Gasteiger partial charge in [0, 0.05) is 11.6 Å². The van der Waals surface area contributed by atoms with Crippen LogP contribution < -0.4 is 4.74 Å². The zero-order valence-electron chi connectivity index (χ0n) is 12.8. The van der Waals surface area contributed by atoms with Crippen LogP contribution in [0.4, 0.5) is 13.2 Å². The molecule has 0 amide bonds. The molecule has 0 aliphatic rings. The van der Waals surface area contributed by atoms with E-state index < -0.39 is 11.7 Å². The Bertz CT molecular complexity index is 931. The third kappa shape index (κ3) is 3.96. The summed E-state index contributed by atoms with van der Waals surface area (Å²) < 4.78 is 43.8. The molecule has 0 aliphatic carbocycles. The molecule has 2 aromatic carbocycles. The molecule has 0 aliphatic heterocycles. The van der Waals surface area contributed by atoms with E-state index in [2.05, 4.69) is 4.98 Å². The molecular weight excluding hydrogens is 329 g/mol. The molecule has 0 bridgehead atoms. The van der Waals surface area contributed by atoms with Gasteiger partial charge in [-0.15, -0.1) is 0 Å². The second kappa shape index (κ2) is 6.65. The standard InChI is InChI=1S/C19H11F3N2O/c20-19(21,22)15-7-4-8-16(11-15)25-18-10-13(12-23)9-17(24-18)14-5-2-1-3-6-14/h1-11H. The Balaban J connectivity index is 1.97. The van der Waals surface area contributed by atoms with Crippen LogP contribution >= 0.6 is 0 Å². The largest absolute Gasteiger partial charge is 0.439 e. The first kappa shape index (κ1) is 16.5. The lowest BCUT2D eigenvalue weighted by Gasteiger charge is -2.10. The summed E-state index contributed by atoms with van der Waals surface area (Å²) in [5, 5.41) is 9.17. The first-order valence-corrected chi connectivity index (χ1v) is 7.28. The summed E-state index contributed by atoms with van der Waals surface area (Å²) in [6, 6.07) is 18.6. The Hall–Kier alpha value is -3.33. The summed E-state index contributed by atoms with van der Waals surface area (Å²) in [6.45, 7) is 0. The van der Waals surface area contributed by atoms with Crippen LogP contribution in [0.15, 0.2) is 66.7 Å². The van der Waals surface area contributed by atoms with Crippen molar-refractivity contribution in [3.8, 4) is 29.0 Å². The predicted molar refractivity (Wildman–Crippen MR) is 85.9 cm³/mol. The van der Waals surface area contributed by atoms with Crippen LogP contribution in [-0.4, -0.2) is 4.98 Å². The highest BCUT2D eigenvalue weighted by Crippen LogP contribution is 2.33. The normalized spacial score (nSPS) is 11.0. The predicted octanol–water partition coefficient (Wildman–Crippen LogP) is 5.43. The Morgan fingerprint density at radius 2 is 1.68 bits per heavy atom. The average molecular weight is 340 g/mol. The Kier molecular flexibility index (Phi) is 4.40. The van der Waals surface area contributed by atoms with Crippen LogP contribution in [0, 0.1) is 11.3 Å². The van der Waals surface area contributed by atoms with Gasteiger partial charge in [0.25, 0.3) is 0 Å². The Labute approximate surface area is 141 Å². The molecule has 0 atom stereocenters. The molecule has 3 rings (SSSR count). The van der Waals surface area contributed by atoms with E-state index in [0.717, 1.165) is 17.7 Å². The fourth-order valence-electron chi connectivity index (χ4n) is 2.24. The molecule has 6 heteroatoms. The minimum atomic E-state index is -4.46. The summed E-state index contributed by atoms with van der Waals surface area (Å²) >= 11 is 0. The van der Waals surface area contributed by atoms with Crippen LogP contribution in [0.25, 0.3) is 11.3 Å². The molecule has 124 valence electrons. The number of ether oxygens (including phenoxy) is 1. The van der Waals surface area contributed by atoms with E-state index in [-0.39, 0.29) is 11.6 Å². The number of nitriles is 1. The molecule has 0 unspecified atom stereocenters. The second-order valence-electron chi connectivity index (χ2n) is 5.18. The number of hydrogen-bond donors (Lipinski definition) is 0. The van der Waals surface area contributed by atoms with E-state index in [4.69, 9.17) is 10.00 Å². The molecule has 1 heterocycles. The summed E-state index contributed by atoms with van der Waals surface area (Å²) in [7, 11) is 0. The van der Waals surface area contributed by atoms with Gasteiger partial charge in [-0.2, -0.15) is 18.4 Å². The fraction of sp³-hybridized carbons (Fsp3) is 0.0526. The van der Waals surface area contributed by atoms with Gasteiger partial charge in [-0.05, 0) is 24.3 Å². The highest BCUT2D eigenvalue weighted by molar-refractivity contribution is 5.61. The number of hydrogen-bond acceptors (Lipinski definition) is 3. The summed E-state index contributed by atoms with van der Waals surface area (Å²) in [4.78, 5) is 4.28. The van der Waals surface area contributed by atoms with E-state index in [1.807, 2.05) is 36.4 Å². The fourth-order valence-corrected chi connectivity index (χ4v) is 2.24. The summed E-state index contributed by atoms with van der Waals surface area (Å²) in [5.41, 5.74) is 0.760. The van der Waals surface area contributed by atoms with Crippen molar-refractivity contribution in [2.24, 2.45) is 0 Å². The van der Waals surface area contributed by atoms with Crippen LogP contribution in [0.2, 0.25) is 0 Å². The van der Waals surface area contributed by atoms with Gasteiger partial charge in [0.05, 0.1) is 22.9 Å². The molecule has 0 radical (unpaired) electrons. The van der Waals surface area contributed by atoms with Crippen LogP contribution in [0.5, 0.6) is 11.6 Å². The van der Waals surface area contributed by atoms with Crippen LogP contribution in [-0.2, 0) is 6.18 Å². The number of halogens is 3. The lowest BCUT2D eigenvalue weighted by atomic mass is 10.1.